The minimum absolute atomic E-state index is 0.648. The molecule has 1 fully saturated rings. The van der Waals surface area contributed by atoms with E-state index in [1.807, 2.05) is 49.4 Å². The summed E-state index contributed by atoms with van der Waals surface area (Å²) < 4.78 is 5.89. The smallest absolute Gasteiger partial charge is 0.221 e. The van der Waals surface area contributed by atoms with E-state index in [1.54, 1.807) is 0 Å². The van der Waals surface area contributed by atoms with Gasteiger partial charge in [-0.1, -0.05) is 24.3 Å². The molecule has 1 N–H and O–H groups in total. The second kappa shape index (κ2) is 5.92. The van der Waals surface area contributed by atoms with Gasteiger partial charge in [0.05, 0.1) is 0 Å². The molecule has 3 rings (SSSR count). The number of ether oxygens (including phenoxy) is 1. The van der Waals surface area contributed by atoms with Crippen LogP contribution < -0.4 is 15.0 Å². The zero-order valence-corrected chi connectivity index (χ0v) is 11.7. The number of piperazine rings is 1. The zero-order chi connectivity index (χ0) is 13.8. The van der Waals surface area contributed by atoms with Gasteiger partial charge in [-0.3, -0.25) is 0 Å². The predicted octanol–water partition coefficient (Wildman–Crippen LogP) is 2.59. The van der Waals surface area contributed by atoms with Crippen LogP contribution in [0, 0.1) is 6.92 Å². The van der Waals surface area contributed by atoms with Gasteiger partial charge in [-0.05, 0) is 24.6 Å². The summed E-state index contributed by atoms with van der Waals surface area (Å²) in [5, 5.41) is 3.35. The summed E-state index contributed by atoms with van der Waals surface area (Å²) in [6.45, 7) is 6.02. The average Bonchev–Trinajstić information content (AvgIpc) is 2.51. The van der Waals surface area contributed by atoms with Gasteiger partial charge >= 0.3 is 0 Å². The van der Waals surface area contributed by atoms with Gasteiger partial charge in [0, 0.05) is 32.2 Å². The van der Waals surface area contributed by atoms with Crippen LogP contribution in [-0.2, 0) is 0 Å². The van der Waals surface area contributed by atoms with E-state index in [9.17, 15) is 0 Å². The van der Waals surface area contributed by atoms with Crippen molar-refractivity contribution in [3.05, 3.63) is 48.0 Å². The van der Waals surface area contributed by atoms with Crippen LogP contribution in [0.4, 0.5) is 5.82 Å². The number of pyridine rings is 1. The maximum atomic E-state index is 5.89. The van der Waals surface area contributed by atoms with E-state index < -0.39 is 0 Å². The maximum absolute atomic E-state index is 5.89. The molecule has 0 spiro atoms. The Morgan fingerprint density at radius 1 is 1.05 bits per heavy atom. The van der Waals surface area contributed by atoms with Crippen molar-refractivity contribution in [1.29, 1.82) is 0 Å². The van der Waals surface area contributed by atoms with E-state index >= 15 is 0 Å². The van der Waals surface area contributed by atoms with Crippen LogP contribution >= 0.6 is 0 Å². The zero-order valence-electron chi connectivity index (χ0n) is 11.7. The third kappa shape index (κ3) is 2.91. The Hall–Kier alpha value is -2.07. The summed E-state index contributed by atoms with van der Waals surface area (Å²) in [6, 6.07) is 13.9. The van der Waals surface area contributed by atoms with Gasteiger partial charge in [0.1, 0.15) is 11.6 Å². The fourth-order valence-corrected chi connectivity index (χ4v) is 2.31. The van der Waals surface area contributed by atoms with Gasteiger partial charge in [-0.2, -0.15) is 4.98 Å². The van der Waals surface area contributed by atoms with E-state index in [4.69, 9.17) is 4.74 Å². The Bertz CT molecular complexity index is 579. The van der Waals surface area contributed by atoms with Crippen LogP contribution in [0.15, 0.2) is 42.5 Å². The highest BCUT2D eigenvalue weighted by Crippen LogP contribution is 2.24. The number of benzene rings is 1. The molecular formula is C16H19N3O. The number of hydrogen-bond acceptors (Lipinski definition) is 4. The fraction of sp³-hybridized carbons (Fsp3) is 0.312. The molecule has 0 radical (unpaired) electrons. The quantitative estimate of drug-likeness (QED) is 0.929. The van der Waals surface area contributed by atoms with Crippen molar-refractivity contribution in [3.8, 4) is 11.6 Å². The Morgan fingerprint density at radius 3 is 2.65 bits per heavy atom. The number of anilines is 1. The van der Waals surface area contributed by atoms with Gasteiger partial charge in [0.2, 0.25) is 5.88 Å². The number of aryl methyl sites for hydroxylation is 1. The lowest BCUT2D eigenvalue weighted by Gasteiger charge is -2.28. The lowest BCUT2D eigenvalue weighted by atomic mass is 10.2. The van der Waals surface area contributed by atoms with Crippen molar-refractivity contribution in [1.82, 2.24) is 10.3 Å². The average molecular weight is 269 g/mol. The molecule has 104 valence electrons. The summed E-state index contributed by atoms with van der Waals surface area (Å²) >= 11 is 0. The van der Waals surface area contributed by atoms with E-state index in [2.05, 4.69) is 15.2 Å². The monoisotopic (exact) mass is 269 g/mol. The first-order valence-electron chi connectivity index (χ1n) is 6.99. The molecule has 0 bridgehead atoms. The minimum atomic E-state index is 0.648. The van der Waals surface area contributed by atoms with Crippen LogP contribution in [0.1, 0.15) is 5.56 Å². The molecule has 4 heteroatoms. The normalized spacial score (nSPS) is 15.2. The first kappa shape index (κ1) is 12.9. The molecule has 0 amide bonds. The molecule has 0 saturated carbocycles. The third-order valence-corrected chi connectivity index (χ3v) is 3.46. The summed E-state index contributed by atoms with van der Waals surface area (Å²) in [7, 11) is 0. The number of nitrogens with one attached hydrogen (secondary N) is 1. The lowest BCUT2D eigenvalue weighted by Crippen LogP contribution is -2.43. The maximum Gasteiger partial charge on any atom is 0.221 e. The van der Waals surface area contributed by atoms with Gasteiger partial charge in [0.15, 0.2) is 0 Å². The molecule has 2 aromatic rings. The topological polar surface area (TPSA) is 37.4 Å². The van der Waals surface area contributed by atoms with Gasteiger partial charge in [0.25, 0.3) is 0 Å². The lowest BCUT2D eigenvalue weighted by molar-refractivity contribution is 0.458. The SMILES string of the molecule is Cc1ccccc1Oc1cccc(N2CCNCC2)n1. The highest BCUT2D eigenvalue weighted by Gasteiger charge is 2.12. The molecule has 1 aliphatic heterocycles. The standard InChI is InChI=1S/C16H19N3O/c1-13-5-2-3-6-14(13)20-16-8-4-7-15(18-16)19-11-9-17-10-12-19/h2-8,17H,9-12H2,1H3. The van der Waals surface area contributed by atoms with Crippen LogP contribution in [0.2, 0.25) is 0 Å². The van der Waals surface area contributed by atoms with Crippen LogP contribution in [0.3, 0.4) is 0 Å². The number of aromatic nitrogens is 1. The summed E-state index contributed by atoms with van der Waals surface area (Å²) in [4.78, 5) is 6.89. The second-order valence-corrected chi connectivity index (χ2v) is 4.94. The van der Waals surface area contributed by atoms with E-state index in [0.29, 0.717) is 5.88 Å². The highest BCUT2D eigenvalue weighted by molar-refractivity contribution is 5.43. The van der Waals surface area contributed by atoms with E-state index in [0.717, 1.165) is 43.3 Å². The first-order chi connectivity index (χ1) is 9.83. The Morgan fingerprint density at radius 2 is 1.85 bits per heavy atom. The van der Waals surface area contributed by atoms with Crippen LogP contribution in [0.25, 0.3) is 0 Å². The largest absolute Gasteiger partial charge is 0.439 e. The predicted molar refractivity (Wildman–Crippen MR) is 80.6 cm³/mol. The van der Waals surface area contributed by atoms with Crippen molar-refractivity contribution < 1.29 is 4.74 Å². The van der Waals surface area contributed by atoms with Crippen LogP contribution in [0.5, 0.6) is 11.6 Å². The molecule has 4 nitrogen and oxygen atoms in total. The number of hydrogen-bond donors (Lipinski definition) is 1. The fourth-order valence-electron chi connectivity index (χ4n) is 2.31. The van der Waals surface area contributed by atoms with Crippen molar-refractivity contribution in [3.63, 3.8) is 0 Å². The molecule has 1 saturated heterocycles. The molecule has 0 unspecified atom stereocenters. The molecule has 0 atom stereocenters. The molecule has 1 aliphatic rings. The molecule has 1 aromatic carbocycles. The first-order valence-corrected chi connectivity index (χ1v) is 6.99. The summed E-state index contributed by atoms with van der Waals surface area (Å²) in [5.74, 6) is 2.49. The van der Waals surface area contributed by atoms with Crippen molar-refractivity contribution in [2.75, 3.05) is 31.1 Å². The Labute approximate surface area is 119 Å². The minimum Gasteiger partial charge on any atom is -0.439 e. The summed E-state index contributed by atoms with van der Waals surface area (Å²) in [5.41, 5.74) is 1.11. The van der Waals surface area contributed by atoms with Gasteiger partial charge in [-0.25, -0.2) is 0 Å². The van der Waals surface area contributed by atoms with E-state index in [1.165, 1.54) is 0 Å². The van der Waals surface area contributed by atoms with Crippen molar-refractivity contribution in [2.45, 2.75) is 6.92 Å². The molecule has 2 heterocycles. The van der Waals surface area contributed by atoms with Crippen molar-refractivity contribution in [2.24, 2.45) is 0 Å². The second-order valence-electron chi connectivity index (χ2n) is 4.94. The van der Waals surface area contributed by atoms with Crippen LogP contribution in [-0.4, -0.2) is 31.2 Å². The summed E-state index contributed by atoms with van der Waals surface area (Å²) in [6.07, 6.45) is 0. The number of rotatable bonds is 3. The molecular weight excluding hydrogens is 250 g/mol. The molecule has 1 aromatic heterocycles. The van der Waals surface area contributed by atoms with E-state index in [-0.39, 0.29) is 0 Å². The number of nitrogens with zero attached hydrogens (tertiary/aromatic N) is 2. The highest BCUT2D eigenvalue weighted by atomic mass is 16.5. The third-order valence-electron chi connectivity index (χ3n) is 3.46. The molecule has 20 heavy (non-hydrogen) atoms. The Kier molecular flexibility index (Phi) is 3.83. The Balaban J connectivity index is 1.79. The number of para-hydroxylation sites is 1. The van der Waals surface area contributed by atoms with Gasteiger partial charge < -0.3 is 15.0 Å². The van der Waals surface area contributed by atoms with Gasteiger partial charge in [-0.15, -0.1) is 0 Å². The molecule has 0 aliphatic carbocycles. The van der Waals surface area contributed by atoms with Crippen molar-refractivity contribution >= 4 is 5.82 Å².